The molecule has 2 aromatic heterocycles. The van der Waals surface area contributed by atoms with Crippen LogP contribution in [-0.2, 0) is 10.7 Å². The second-order valence-corrected chi connectivity index (χ2v) is 9.12. The van der Waals surface area contributed by atoms with Crippen molar-refractivity contribution in [1.29, 1.82) is 0 Å². The predicted octanol–water partition coefficient (Wildman–Crippen LogP) is 4.59. The van der Waals surface area contributed by atoms with Crippen molar-refractivity contribution in [1.82, 2.24) is 15.2 Å². The second kappa shape index (κ2) is 9.42. The molecule has 1 saturated heterocycles. The van der Waals surface area contributed by atoms with Crippen LogP contribution in [0.1, 0.15) is 41.9 Å². The first kappa shape index (κ1) is 24.1. The van der Waals surface area contributed by atoms with Crippen LogP contribution in [0.3, 0.4) is 0 Å². The summed E-state index contributed by atoms with van der Waals surface area (Å²) < 4.78 is 39.1. The van der Waals surface area contributed by atoms with Crippen molar-refractivity contribution in [2.75, 3.05) is 30.0 Å². The number of hydrogen-bond donors (Lipinski definition) is 1. The van der Waals surface area contributed by atoms with Crippen LogP contribution in [0.25, 0.3) is 11.3 Å². The van der Waals surface area contributed by atoms with Gasteiger partial charge in [0.2, 0.25) is 0 Å². The van der Waals surface area contributed by atoms with Crippen LogP contribution in [0, 0.1) is 6.92 Å². The van der Waals surface area contributed by atoms with Gasteiger partial charge in [-0.25, -0.2) is 0 Å². The van der Waals surface area contributed by atoms with Gasteiger partial charge in [-0.05, 0) is 49.2 Å². The largest absolute Gasteiger partial charge is 0.470 e. The lowest BCUT2D eigenvalue weighted by Crippen LogP contribution is -2.56. The summed E-state index contributed by atoms with van der Waals surface area (Å²) in [6.45, 7) is 6.73. The predicted molar refractivity (Wildman–Crippen MR) is 131 cm³/mol. The van der Waals surface area contributed by atoms with Gasteiger partial charge in [0, 0.05) is 36.5 Å². The lowest BCUT2D eigenvalue weighted by Gasteiger charge is -2.44. The number of rotatable bonds is 5. The molecule has 0 radical (unpaired) electrons. The highest BCUT2D eigenvalue weighted by Gasteiger charge is 2.38. The highest BCUT2D eigenvalue weighted by Crippen LogP contribution is 2.39. The molecule has 0 aliphatic carbocycles. The van der Waals surface area contributed by atoms with E-state index in [2.05, 4.69) is 32.3 Å². The molecule has 10 heteroatoms. The molecule has 2 atom stereocenters. The van der Waals surface area contributed by atoms with Crippen molar-refractivity contribution in [3.05, 3.63) is 59.4 Å². The minimum absolute atomic E-state index is 0.0143. The number of aryl methyl sites for hydroxylation is 1. The standard InChI is InChI=1S/C26H27F2N5O3/c1-4-22-21-14-35-10-9-33(21)20-13-19(31-32-25(20)36-22)18-12-17(6-5-15(18)2)30-24(34)16-7-8-29-23(11-16)26(3,27)28/h5-8,11-13,21-22H,4,9-10,14H2,1-3H3,(H,30,34)/t21-,22-/m0/s1. The molecule has 1 fully saturated rings. The summed E-state index contributed by atoms with van der Waals surface area (Å²) in [6.07, 6.45) is 2.03. The summed E-state index contributed by atoms with van der Waals surface area (Å²) in [5, 5.41) is 11.6. The van der Waals surface area contributed by atoms with Crippen molar-refractivity contribution in [2.45, 2.75) is 45.3 Å². The smallest absolute Gasteiger partial charge is 0.286 e. The zero-order valence-corrected chi connectivity index (χ0v) is 20.3. The van der Waals surface area contributed by atoms with Gasteiger partial charge in [-0.3, -0.25) is 9.78 Å². The molecular formula is C26H27F2N5O3. The molecule has 188 valence electrons. The molecule has 2 aliphatic heterocycles. The number of halogens is 2. The summed E-state index contributed by atoms with van der Waals surface area (Å²) >= 11 is 0. The molecule has 5 rings (SSSR count). The molecule has 8 nitrogen and oxygen atoms in total. The molecule has 3 aromatic rings. The Bertz CT molecular complexity index is 1300. The number of hydrogen-bond acceptors (Lipinski definition) is 7. The number of ether oxygens (including phenoxy) is 2. The van der Waals surface area contributed by atoms with Crippen molar-refractivity contribution in [3.63, 3.8) is 0 Å². The Balaban J connectivity index is 1.43. The number of nitrogens with one attached hydrogen (secondary N) is 1. The first-order valence-corrected chi connectivity index (χ1v) is 11.9. The van der Waals surface area contributed by atoms with E-state index < -0.39 is 17.5 Å². The van der Waals surface area contributed by atoms with Crippen molar-refractivity contribution < 1.29 is 23.0 Å². The van der Waals surface area contributed by atoms with E-state index in [4.69, 9.17) is 9.47 Å². The number of nitrogens with zero attached hydrogens (tertiary/aromatic N) is 4. The number of carbonyl (C=O) groups excluding carboxylic acids is 1. The van der Waals surface area contributed by atoms with E-state index in [0.29, 0.717) is 30.5 Å². The van der Waals surface area contributed by atoms with Gasteiger partial charge in [0.15, 0.2) is 0 Å². The van der Waals surface area contributed by atoms with Crippen molar-refractivity contribution >= 4 is 17.3 Å². The normalized spacial score (nSPS) is 19.2. The van der Waals surface area contributed by atoms with Crippen LogP contribution in [0.2, 0.25) is 0 Å². The van der Waals surface area contributed by atoms with Gasteiger partial charge in [-0.2, -0.15) is 8.78 Å². The molecule has 4 heterocycles. The average Bonchev–Trinajstić information content (AvgIpc) is 2.88. The Labute approximate surface area is 207 Å². The van der Waals surface area contributed by atoms with Crippen LogP contribution in [0.15, 0.2) is 42.6 Å². The summed E-state index contributed by atoms with van der Waals surface area (Å²) in [6, 6.07) is 9.99. The first-order valence-electron chi connectivity index (χ1n) is 11.9. The Morgan fingerprint density at radius 3 is 2.83 bits per heavy atom. The molecule has 0 bridgehead atoms. The summed E-state index contributed by atoms with van der Waals surface area (Å²) in [5.41, 5.74) is 3.39. The van der Waals surface area contributed by atoms with Gasteiger partial charge in [0.05, 0.1) is 24.9 Å². The molecule has 0 spiro atoms. The monoisotopic (exact) mass is 495 g/mol. The third-order valence-electron chi connectivity index (χ3n) is 6.55. The van der Waals surface area contributed by atoms with Gasteiger partial charge in [-0.15, -0.1) is 10.2 Å². The number of carbonyl (C=O) groups is 1. The molecule has 1 amide bonds. The molecule has 1 aromatic carbocycles. The van der Waals surface area contributed by atoms with E-state index in [1.165, 1.54) is 12.3 Å². The lowest BCUT2D eigenvalue weighted by molar-refractivity contribution is 0.0127. The molecule has 1 N–H and O–H groups in total. The molecule has 36 heavy (non-hydrogen) atoms. The number of aromatic nitrogens is 3. The molecule has 2 aliphatic rings. The minimum Gasteiger partial charge on any atom is -0.470 e. The molecule has 0 saturated carbocycles. The fourth-order valence-electron chi connectivity index (χ4n) is 4.59. The van der Waals surface area contributed by atoms with Gasteiger partial charge >= 0.3 is 0 Å². The van der Waals surface area contributed by atoms with Gasteiger partial charge in [-0.1, -0.05) is 13.0 Å². The van der Waals surface area contributed by atoms with Crippen molar-refractivity contribution in [3.8, 4) is 17.1 Å². The van der Waals surface area contributed by atoms with Crippen molar-refractivity contribution in [2.24, 2.45) is 0 Å². The molecular weight excluding hydrogens is 468 g/mol. The highest BCUT2D eigenvalue weighted by molar-refractivity contribution is 6.04. The van der Waals surface area contributed by atoms with Gasteiger partial charge in [0.25, 0.3) is 17.7 Å². The Kier molecular flexibility index (Phi) is 6.29. The number of alkyl halides is 2. The lowest BCUT2D eigenvalue weighted by atomic mass is 10.0. The quantitative estimate of drug-likeness (QED) is 0.554. The van der Waals surface area contributed by atoms with E-state index in [-0.39, 0.29) is 17.7 Å². The van der Waals surface area contributed by atoms with Gasteiger partial charge in [0.1, 0.15) is 17.5 Å². The number of benzene rings is 1. The van der Waals surface area contributed by atoms with Crippen LogP contribution in [0.5, 0.6) is 5.88 Å². The fraction of sp³-hybridized carbons (Fsp3) is 0.385. The number of amides is 1. The topological polar surface area (TPSA) is 89.5 Å². The number of morpholine rings is 1. The third-order valence-corrected chi connectivity index (χ3v) is 6.55. The van der Waals surface area contributed by atoms with Gasteiger partial charge < -0.3 is 19.7 Å². The molecule has 0 unspecified atom stereocenters. The van der Waals surface area contributed by atoms with E-state index >= 15 is 0 Å². The number of fused-ring (bicyclic) bond motifs is 3. The maximum atomic E-state index is 13.6. The number of pyridine rings is 1. The van der Waals surface area contributed by atoms with E-state index in [1.54, 1.807) is 12.1 Å². The van der Waals surface area contributed by atoms with E-state index in [0.717, 1.165) is 42.8 Å². The number of anilines is 2. The van der Waals surface area contributed by atoms with E-state index in [9.17, 15) is 13.6 Å². The Morgan fingerprint density at radius 1 is 1.22 bits per heavy atom. The summed E-state index contributed by atoms with van der Waals surface area (Å²) in [4.78, 5) is 18.7. The maximum absolute atomic E-state index is 13.6. The van der Waals surface area contributed by atoms with Crippen LogP contribution < -0.4 is 15.0 Å². The zero-order valence-electron chi connectivity index (χ0n) is 20.3. The van der Waals surface area contributed by atoms with Crippen LogP contribution in [0.4, 0.5) is 20.2 Å². The fourth-order valence-corrected chi connectivity index (χ4v) is 4.59. The summed E-state index contributed by atoms with van der Waals surface area (Å²) in [7, 11) is 0. The average molecular weight is 496 g/mol. The van der Waals surface area contributed by atoms with Crippen LogP contribution in [-0.4, -0.2) is 53.0 Å². The van der Waals surface area contributed by atoms with E-state index in [1.807, 2.05) is 19.1 Å². The Hall–Kier alpha value is -3.66. The second-order valence-electron chi connectivity index (χ2n) is 9.12. The third kappa shape index (κ3) is 4.60. The summed E-state index contributed by atoms with van der Waals surface area (Å²) in [5.74, 6) is -3.14. The minimum atomic E-state index is -3.14. The highest BCUT2D eigenvalue weighted by atomic mass is 19.3. The Morgan fingerprint density at radius 2 is 2.06 bits per heavy atom. The maximum Gasteiger partial charge on any atom is 0.286 e. The van der Waals surface area contributed by atoms with Crippen LogP contribution >= 0.6 is 0 Å². The zero-order chi connectivity index (χ0) is 25.4. The SMILES string of the molecule is CC[C@@H]1Oc2nnc(-c3cc(NC(=O)c4ccnc(C(C)(F)F)c4)ccc3C)cc2N2CCOC[C@@H]12. The first-order chi connectivity index (χ1) is 17.2.